The lowest BCUT2D eigenvalue weighted by Gasteiger charge is -2.32. The van der Waals surface area contributed by atoms with Crippen molar-refractivity contribution in [3.8, 4) is 23.1 Å². The summed E-state index contributed by atoms with van der Waals surface area (Å²) in [6, 6.07) is 24.1. The van der Waals surface area contributed by atoms with Crippen LogP contribution in [0.5, 0.6) is 0 Å². The normalized spacial score (nSPS) is 17.6. The van der Waals surface area contributed by atoms with Gasteiger partial charge in [0, 0.05) is 50.7 Å². The standard InChI is InChI=1S/C49H56N10O6/c1-34(10-8-22-50-46(60)42(37-11-4-2-5-12-37)55-48(62)57-24-28-64-29-25-57)44-52-33-40(54-44)36-19-16-35(17-20-36)18-21-39-32-51-45(53-39)41-15-9-23-59(41)47(61)43(38-13-6-3-7-14-38)56-49(63)58-26-30-65-31-27-58/h2-7,11-14,16-17,19-20,32-34,41-43H,8-10,15,22-31H2,1H3,(H,50,60)(H,51,53)(H,52,54)(H,55,62)(H,56,63)/t34-,41-,42+,43+/m0/s1. The van der Waals surface area contributed by atoms with Crippen molar-refractivity contribution in [2.24, 2.45) is 0 Å². The van der Waals surface area contributed by atoms with Crippen molar-refractivity contribution in [1.82, 2.24) is 50.6 Å². The topological polar surface area (TPSA) is 190 Å². The van der Waals surface area contributed by atoms with Crippen LogP contribution in [0.1, 0.15) is 90.7 Å². The number of H-pyrrole nitrogens is 2. The van der Waals surface area contributed by atoms with Crippen molar-refractivity contribution in [2.45, 2.75) is 56.7 Å². The van der Waals surface area contributed by atoms with E-state index in [1.807, 2.05) is 96.0 Å². The number of rotatable bonds is 13. The summed E-state index contributed by atoms with van der Waals surface area (Å²) >= 11 is 0. The third-order valence-corrected chi connectivity index (χ3v) is 12.1. The van der Waals surface area contributed by atoms with Gasteiger partial charge in [-0.15, -0.1) is 0 Å². The second-order valence-corrected chi connectivity index (χ2v) is 16.5. The molecule has 8 rings (SSSR count). The van der Waals surface area contributed by atoms with Gasteiger partial charge in [0.15, 0.2) is 0 Å². The van der Waals surface area contributed by atoms with Crippen molar-refractivity contribution < 1.29 is 28.7 Å². The smallest absolute Gasteiger partial charge is 0.318 e. The molecule has 16 nitrogen and oxygen atoms in total. The molecule has 5 N–H and O–H groups in total. The molecular weight excluding hydrogens is 825 g/mol. The molecule has 16 heteroatoms. The summed E-state index contributed by atoms with van der Waals surface area (Å²) in [5.41, 5.74) is 4.79. The predicted molar refractivity (Wildman–Crippen MR) is 243 cm³/mol. The molecule has 65 heavy (non-hydrogen) atoms. The van der Waals surface area contributed by atoms with E-state index in [1.54, 1.807) is 16.0 Å². The van der Waals surface area contributed by atoms with E-state index in [2.05, 4.69) is 54.7 Å². The number of hydrogen-bond donors (Lipinski definition) is 5. The predicted octanol–water partition coefficient (Wildman–Crippen LogP) is 5.43. The van der Waals surface area contributed by atoms with Gasteiger partial charge in [0.25, 0.3) is 0 Å². The number of carbonyl (C=O) groups excluding carboxylic acids is 4. The molecule has 0 saturated carbocycles. The lowest BCUT2D eigenvalue weighted by molar-refractivity contribution is -0.134. The number of nitrogens with one attached hydrogen (secondary N) is 5. The van der Waals surface area contributed by atoms with Crippen LogP contribution in [0.2, 0.25) is 0 Å². The Bertz CT molecular complexity index is 2430. The van der Waals surface area contributed by atoms with Crippen molar-refractivity contribution in [1.29, 1.82) is 0 Å². The molecule has 3 aliphatic heterocycles. The minimum absolute atomic E-state index is 0.122. The van der Waals surface area contributed by atoms with Crippen LogP contribution in [0, 0.1) is 11.8 Å². The second-order valence-electron chi connectivity index (χ2n) is 16.5. The van der Waals surface area contributed by atoms with E-state index >= 15 is 0 Å². The Balaban J connectivity index is 0.830. The summed E-state index contributed by atoms with van der Waals surface area (Å²) in [6.07, 6.45) is 6.61. The molecule has 338 valence electrons. The summed E-state index contributed by atoms with van der Waals surface area (Å²) < 4.78 is 10.8. The van der Waals surface area contributed by atoms with Gasteiger partial charge in [-0.05, 0) is 60.4 Å². The Kier molecular flexibility index (Phi) is 14.8. The average Bonchev–Trinajstić information content (AvgIpc) is 4.17. The molecule has 3 fully saturated rings. The summed E-state index contributed by atoms with van der Waals surface area (Å²) in [7, 11) is 0. The lowest BCUT2D eigenvalue weighted by atomic mass is 10.0. The molecule has 0 radical (unpaired) electrons. The maximum atomic E-state index is 14.2. The van der Waals surface area contributed by atoms with Gasteiger partial charge in [-0.3, -0.25) is 9.59 Å². The van der Waals surface area contributed by atoms with E-state index in [9.17, 15) is 19.2 Å². The van der Waals surface area contributed by atoms with E-state index in [-0.39, 0.29) is 35.8 Å². The molecule has 3 saturated heterocycles. The highest BCUT2D eigenvalue weighted by Gasteiger charge is 2.37. The fraction of sp³-hybridized carbons (Fsp3) is 0.388. The summed E-state index contributed by atoms with van der Waals surface area (Å²) in [4.78, 5) is 75.0. The van der Waals surface area contributed by atoms with Crippen LogP contribution in [-0.2, 0) is 19.1 Å². The van der Waals surface area contributed by atoms with Gasteiger partial charge in [0.1, 0.15) is 29.4 Å². The minimum atomic E-state index is -0.837. The van der Waals surface area contributed by atoms with Crippen LogP contribution in [0.15, 0.2) is 97.3 Å². The maximum absolute atomic E-state index is 14.2. The van der Waals surface area contributed by atoms with E-state index in [4.69, 9.17) is 9.47 Å². The minimum Gasteiger partial charge on any atom is -0.378 e. The zero-order valence-electron chi connectivity index (χ0n) is 36.6. The third-order valence-electron chi connectivity index (χ3n) is 12.1. The first kappa shape index (κ1) is 44.6. The van der Waals surface area contributed by atoms with Gasteiger partial charge >= 0.3 is 12.1 Å². The molecule has 0 aliphatic carbocycles. The number of urea groups is 2. The van der Waals surface area contributed by atoms with Crippen molar-refractivity contribution >= 4 is 23.9 Å². The van der Waals surface area contributed by atoms with Gasteiger partial charge in [-0.1, -0.05) is 85.6 Å². The number of nitrogens with zero attached hydrogens (tertiary/aromatic N) is 5. The number of aromatic amines is 2. The SMILES string of the molecule is C[C@@H](CCCNC(=O)[C@H](NC(=O)N1CCOCC1)c1ccccc1)c1ncc(-c2ccc(C#Cc3cnc([C@@H]4CCCN4C(=O)[C@H](NC(=O)N4CCOCC4)c4ccccc4)[nH]3)cc2)[nH]1. The van der Waals surface area contributed by atoms with Crippen LogP contribution in [-0.4, -0.2) is 124 Å². The number of carbonyl (C=O) groups is 4. The highest BCUT2D eigenvalue weighted by atomic mass is 16.5. The summed E-state index contributed by atoms with van der Waals surface area (Å²) in [5.74, 6) is 7.64. The highest BCUT2D eigenvalue weighted by molar-refractivity contribution is 5.89. The van der Waals surface area contributed by atoms with E-state index < -0.39 is 12.1 Å². The molecule has 4 atom stereocenters. The molecule has 0 bridgehead atoms. The quantitative estimate of drug-likeness (QED) is 0.0765. The van der Waals surface area contributed by atoms with Crippen LogP contribution in [0.25, 0.3) is 11.3 Å². The summed E-state index contributed by atoms with van der Waals surface area (Å²) in [5, 5.41) is 8.94. The Hall–Kier alpha value is -6.96. The Morgan fingerprint density at radius 2 is 1.35 bits per heavy atom. The van der Waals surface area contributed by atoms with Gasteiger partial charge in [0.05, 0.1) is 50.6 Å². The van der Waals surface area contributed by atoms with E-state index in [1.165, 1.54) is 0 Å². The molecule has 0 spiro atoms. The van der Waals surface area contributed by atoms with Crippen molar-refractivity contribution in [2.75, 3.05) is 65.7 Å². The second kappa shape index (κ2) is 21.6. The molecule has 3 aromatic carbocycles. The number of likely N-dealkylation sites (tertiary alicyclic amines) is 1. The zero-order chi connectivity index (χ0) is 45.0. The van der Waals surface area contributed by atoms with E-state index in [0.717, 1.165) is 59.5 Å². The van der Waals surface area contributed by atoms with Gasteiger partial charge in [-0.2, -0.15) is 0 Å². The molecule has 3 aliphatic rings. The lowest BCUT2D eigenvalue weighted by Crippen LogP contribution is -2.50. The largest absolute Gasteiger partial charge is 0.378 e. The third kappa shape index (κ3) is 11.4. The Morgan fingerprint density at radius 3 is 2.00 bits per heavy atom. The first-order chi connectivity index (χ1) is 31.8. The fourth-order valence-corrected chi connectivity index (χ4v) is 8.36. The number of ether oxygens (including phenoxy) is 2. The Labute approximate surface area is 378 Å². The Morgan fingerprint density at radius 1 is 0.738 bits per heavy atom. The first-order valence-electron chi connectivity index (χ1n) is 22.5. The van der Waals surface area contributed by atoms with Crippen LogP contribution < -0.4 is 16.0 Å². The van der Waals surface area contributed by atoms with Crippen LogP contribution >= 0.6 is 0 Å². The fourth-order valence-electron chi connectivity index (χ4n) is 8.36. The van der Waals surface area contributed by atoms with Gasteiger partial charge in [0.2, 0.25) is 11.8 Å². The number of amides is 6. The van der Waals surface area contributed by atoms with Gasteiger partial charge in [-0.25, -0.2) is 19.6 Å². The van der Waals surface area contributed by atoms with E-state index in [0.29, 0.717) is 77.2 Å². The molecule has 0 unspecified atom stereocenters. The number of benzene rings is 3. The first-order valence-corrected chi connectivity index (χ1v) is 22.5. The highest BCUT2D eigenvalue weighted by Crippen LogP contribution is 2.33. The van der Waals surface area contributed by atoms with Crippen molar-refractivity contribution in [3.05, 3.63) is 131 Å². The molecule has 2 aromatic heterocycles. The molecule has 5 heterocycles. The molecule has 6 amide bonds. The average molecular weight is 881 g/mol. The molecule has 5 aromatic rings. The van der Waals surface area contributed by atoms with Gasteiger partial charge < -0.3 is 50.1 Å². The van der Waals surface area contributed by atoms with Crippen LogP contribution in [0.3, 0.4) is 0 Å². The maximum Gasteiger partial charge on any atom is 0.318 e. The number of aromatic nitrogens is 4. The molecular formula is C49H56N10O6. The summed E-state index contributed by atoms with van der Waals surface area (Å²) in [6.45, 7) is 6.95. The number of imidazole rings is 2. The number of morpholine rings is 2. The number of hydrogen-bond acceptors (Lipinski definition) is 8. The monoisotopic (exact) mass is 880 g/mol. The van der Waals surface area contributed by atoms with Crippen molar-refractivity contribution in [3.63, 3.8) is 0 Å². The van der Waals surface area contributed by atoms with Crippen LogP contribution in [0.4, 0.5) is 9.59 Å². The zero-order valence-corrected chi connectivity index (χ0v) is 36.6.